The summed E-state index contributed by atoms with van der Waals surface area (Å²) in [7, 11) is 0. The van der Waals surface area contributed by atoms with Crippen molar-refractivity contribution < 1.29 is 14.0 Å². The number of carbonyl (C=O) groups is 2. The normalized spacial score (nSPS) is 21.3. The van der Waals surface area contributed by atoms with Crippen LogP contribution in [0.3, 0.4) is 0 Å². The molecule has 1 unspecified atom stereocenters. The minimum atomic E-state index is -0.790. The van der Waals surface area contributed by atoms with E-state index < -0.39 is 11.9 Å². The number of nitrogens with one attached hydrogen (secondary N) is 2. The Hall–Kier alpha value is -2.15. The van der Waals surface area contributed by atoms with E-state index >= 15 is 0 Å². The molecule has 0 bridgehead atoms. The van der Waals surface area contributed by atoms with Crippen LogP contribution in [0, 0.1) is 5.82 Å². The van der Waals surface area contributed by atoms with Gasteiger partial charge in [0.15, 0.2) is 0 Å². The van der Waals surface area contributed by atoms with Crippen molar-refractivity contribution in [2.75, 3.05) is 39.3 Å². The Morgan fingerprint density at radius 2 is 2.04 bits per heavy atom. The van der Waals surface area contributed by atoms with E-state index in [1.54, 1.807) is 12.1 Å². The quantitative estimate of drug-likeness (QED) is 0.786. The number of benzene rings is 1. The highest BCUT2D eigenvalue weighted by Gasteiger charge is 2.34. The van der Waals surface area contributed by atoms with Crippen molar-refractivity contribution in [2.45, 2.75) is 31.7 Å². The van der Waals surface area contributed by atoms with Gasteiger partial charge in [0.2, 0.25) is 5.91 Å². The van der Waals surface area contributed by atoms with Crippen LogP contribution >= 0.6 is 0 Å². The number of hydrogen-bond donors (Lipinski definition) is 2. The largest absolute Gasteiger partial charge is 0.352 e. The summed E-state index contributed by atoms with van der Waals surface area (Å²) in [6, 6.07) is 4.81. The van der Waals surface area contributed by atoms with Crippen molar-refractivity contribution in [1.29, 1.82) is 0 Å². The van der Waals surface area contributed by atoms with Crippen LogP contribution in [0.5, 0.6) is 0 Å². The van der Waals surface area contributed by atoms with Gasteiger partial charge in [0, 0.05) is 19.6 Å². The van der Waals surface area contributed by atoms with Crippen LogP contribution < -0.4 is 10.6 Å². The average Bonchev–Trinajstić information content (AvgIpc) is 2.65. The Kier molecular flexibility index (Phi) is 6.44. The summed E-state index contributed by atoms with van der Waals surface area (Å²) < 4.78 is 13.5. The second-order valence-corrected chi connectivity index (χ2v) is 6.93. The molecule has 0 radical (unpaired) electrons. The number of piperidine rings is 1. The number of piperazine rings is 1. The first-order valence-corrected chi connectivity index (χ1v) is 9.45. The Morgan fingerprint density at radius 3 is 2.81 bits per heavy atom. The van der Waals surface area contributed by atoms with Crippen LogP contribution in [0.4, 0.5) is 9.18 Å². The van der Waals surface area contributed by atoms with Gasteiger partial charge in [-0.25, -0.2) is 9.18 Å². The predicted octanol–water partition coefficient (Wildman–Crippen LogP) is 1.88. The first-order valence-electron chi connectivity index (χ1n) is 9.45. The van der Waals surface area contributed by atoms with Gasteiger partial charge < -0.3 is 20.4 Å². The molecule has 2 fully saturated rings. The summed E-state index contributed by atoms with van der Waals surface area (Å²) in [5, 5.41) is 5.67. The maximum absolute atomic E-state index is 13.5. The van der Waals surface area contributed by atoms with Gasteiger partial charge in [-0.2, -0.15) is 0 Å². The number of amides is 3. The SMILES string of the molecule is O=C1NCCN(C(=O)NCCCN2CCCCC2)C1c1cccc(F)c1. The molecule has 2 N–H and O–H groups in total. The summed E-state index contributed by atoms with van der Waals surface area (Å²) in [6.07, 6.45) is 4.71. The van der Waals surface area contributed by atoms with Gasteiger partial charge in [0.1, 0.15) is 11.9 Å². The van der Waals surface area contributed by atoms with E-state index in [4.69, 9.17) is 0 Å². The number of halogens is 1. The average molecular weight is 362 g/mol. The third kappa shape index (κ3) is 4.72. The standard InChI is InChI=1S/C19H27FN4O2/c20-16-7-4-6-15(14-16)17-18(25)21-9-13-24(17)19(26)22-8-5-12-23-10-2-1-3-11-23/h4,6-7,14,17H,1-3,5,8-13H2,(H,21,25)(H,22,26). The molecule has 3 amide bonds. The van der Waals surface area contributed by atoms with E-state index in [0.29, 0.717) is 25.2 Å². The molecule has 2 aliphatic rings. The zero-order chi connectivity index (χ0) is 18.4. The Balaban J connectivity index is 1.54. The Bertz CT molecular complexity index is 634. The molecule has 2 saturated heterocycles. The lowest BCUT2D eigenvalue weighted by molar-refractivity contribution is -0.127. The van der Waals surface area contributed by atoms with Crippen molar-refractivity contribution in [3.63, 3.8) is 0 Å². The fourth-order valence-corrected chi connectivity index (χ4v) is 3.68. The zero-order valence-corrected chi connectivity index (χ0v) is 15.0. The highest BCUT2D eigenvalue weighted by Crippen LogP contribution is 2.24. The maximum atomic E-state index is 13.5. The van der Waals surface area contributed by atoms with E-state index in [1.165, 1.54) is 36.3 Å². The molecule has 1 aromatic rings. The van der Waals surface area contributed by atoms with E-state index in [-0.39, 0.29) is 11.9 Å². The summed E-state index contributed by atoms with van der Waals surface area (Å²) in [5.41, 5.74) is 0.491. The zero-order valence-electron chi connectivity index (χ0n) is 15.0. The fourth-order valence-electron chi connectivity index (χ4n) is 3.68. The minimum Gasteiger partial charge on any atom is -0.352 e. The summed E-state index contributed by atoms with van der Waals surface area (Å²) >= 11 is 0. The number of urea groups is 1. The lowest BCUT2D eigenvalue weighted by Gasteiger charge is -2.35. The third-order valence-electron chi connectivity index (χ3n) is 5.01. The number of hydrogen-bond acceptors (Lipinski definition) is 3. The molecule has 1 aromatic carbocycles. The molecule has 0 spiro atoms. The van der Waals surface area contributed by atoms with Gasteiger partial charge >= 0.3 is 6.03 Å². The second kappa shape index (κ2) is 8.98. The first-order chi connectivity index (χ1) is 12.6. The van der Waals surface area contributed by atoms with Gasteiger partial charge in [-0.05, 0) is 56.6 Å². The van der Waals surface area contributed by atoms with Crippen LogP contribution in [0.15, 0.2) is 24.3 Å². The molecule has 0 aromatic heterocycles. The molecule has 3 rings (SSSR count). The molecule has 2 heterocycles. The molecule has 1 atom stereocenters. The molecule has 2 aliphatic heterocycles. The Morgan fingerprint density at radius 1 is 1.23 bits per heavy atom. The van der Waals surface area contributed by atoms with E-state index in [2.05, 4.69) is 15.5 Å². The molecule has 7 heteroatoms. The summed E-state index contributed by atoms with van der Waals surface area (Å²) in [6.45, 7) is 4.65. The maximum Gasteiger partial charge on any atom is 0.318 e. The van der Waals surface area contributed by atoms with Crippen LogP contribution in [0.1, 0.15) is 37.3 Å². The van der Waals surface area contributed by atoms with Crippen LogP contribution in [-0.4, -0.2) is 61.0 Å². The number of carbonyl (C=O) groups excluding carboxylic acids is 2. The monoisotopic (exact) mass is 362 g/mol. The topological polar surface area (TPSA) is 64.7 Å². The van der Waals surface area contributed by atoms with Crippen LogP contribution in [0.2, 0.25) is 0 Å². The van der Waals surface area contributed by atoms with Crippen molar-refractivity contribution in [3.05, 3.63) is 35.6 Å². The van der Waals surface area contributed by atoms with Crippen molar-refractivity contribution >= 4 is 11.9 Å². The molecule has 26 heavy (non-hydrogen) atoms. The molecule has 142 valence electrons. The van der Waals surface area contributed by atoms with Gasteiger partial charge in [0.25, 0.3) is 0 Å². The van der Waals surface area contributed by atoms with Gasteiger partial charge in [-0.3, -0.25) is 4.79 Å². The number of rotatable bonds is 5. The van der Waals surface area contributed by atoms with Crippen LogP contribution in [0.25, 0.3) is 0 Å². The van der Waals surface area contributed by atoms with Gasteiger partial charge in [-0.15, -0.1) is 0 Å². The van der Waals surface area contributed by atoms with E-state index in [0.717, 1.165) is 26.1 Å². The summed E-state index contributed by atoms with van der Waals surface area (Å²) in [4.78, 5) is 28.8. The van der Waals surface area contributed by atoms with Crippen LogP contribution in [-0.2, 0) is 4.79 Å². The van der Waals surface area contributed by atoms with Gasteiger partial charge in [0.05, 0.1) is 0 Å². The fraction of sp³-hybridized carbons (Fsp3) is 0.579. The predicted molar refractivity (Wildman–Crippen MR) is 97.2 cm³/mol. The molecule has 6 nitrogen and oxygen atoms in total. The third-order valence-corrected chi connectivity index (χ3v) is 5.01. The Labute approximate surface area is 153 Å². The molecule has 0 aliphatic carbocycles. The minimum absolute atomic E-state index is 0.271. The summed E-state index contributed by atoms with van der Waals surface area (Å²) in [5.74, 6) is -0.687. The highest BCUT2D eigenvalue weighted by atomic mass is 19.1. The lowest BCUT2D eigenvalue weighted by atomic mass is 10.0. The van der Waals surface area contributed by atoms with E-state index in [9.17, 15) is 14.0 Å². The molecular weight excluding hydrogens is 335 g/mol. The molecule has 0 saturated carbocycles. The molecular formula is C19H27FN4O2. The van der Waals surface area contributed by atoms with Crippen molar-refractivity contribution in [1.82, 2.24) is 20.4 Å². The van der Waals surface area contributed by atoms with Gasteiger partial charge in [-0.1, -0.05) is 18.6 Å². The first kappa shape index (κ1) is 18.6. The highest BCUT2D eigenvalue weighted by molar-refractivity contribution is 5.89. The lowest BCUT2D eigenvalue weighted by Crippen LogP contribution is -2.55. The number of nitrogens with zero attached hydrogens (tertiary/aromatic N) is 2. The number of likely N-dealkylation sites (tertiary alicyclic amines) is 1. The van der Waals surface area contributed by atoms with Crippen molar-refractivity contribution in [3.8, 4) is 0 Å². The second-order valence-electron chi connectivity index (χ2n) is 6.93. The van der Waals surface area contributed by atoms with E-state index in [1.807, 2.05) is 0 Å². The van der Waals surface area contributed by atoms with Crippen molar-refractivity contribution in [2.24, 2.45) is 0 Å². The smallest absolute Gasteiger partial charge is 0.318 e.